The number of nitrogens with zero attached hydrogens (tertiary/aromatic N) is 1. The van der Waals surface area contributed by atoms with Crippen LogP contribution < -0.4 is 10.4 Å². The van der Waals surface area contributed by atoms with Crippen molar-refractivity contribution in [1.29, 1.82) is 0 Å². The minimum absolute atomic E-state index is 0.196. The van der Waals surface area contributed by atoms with Gasteiger partial charge >= 0.3 is 12.2 Å². The molecular formula is C13H14N2O4. The van der Waals surface area contributed by atoms with Crippen molar-refractivity contribution in [3.63, 3.8) is 0 Å². The summed E-state index contributed by atoms with van der Waals surface area (Å²) in [7, 11) is 0. The van der Waals surface area contributed by atoms with Crippen molar-refractivity contribution in [2.75, 3.05) is 5.01 Å². The second-order valence-electron chi connectivity index (χ2n) is 4.86. The third-order valence-corrected chi connectivity index (χ3v) is 3.07. The molecule has 19 heavy (non-hydrogen) atoms. The molecular weight excluding hydrogens is 248 g/mol. The molecule has 0 bridgehead atoms. The summed E-state index contributed by atoms with van der Waals surface area (Å²) in [4.78, 5) is 21.7. The van der Waals surface area contributed by atoms with E-state index in [1.54, 1.807) is 18.2 Å². The summed E-state index contributed by atoms with van der Waals surface area (Å²) >= 11 is 0. The summed E-state index contributed by atoms with van der Waals surface area (Å²) in [5.41, 5.74) is 3.89. The molecule has 0 saturated heterocycles. The zero-order valence-electron chi connectivity index (χ0n) is 10.5. The zero-order chi connectivity index (χ0) is 14.2. The number of carbonyl (C=O) groups is 2. The molecule has 0 spiro atoms. The van der Waals surface area contributed by atoms with E-state index in [1.807, 2.05) is 31.4 Å². The largest absolute Gasteiger partial charge is 0.464 e. The molecule has 1 aliphatic rings. The van der Waals surface area contributed by atoms with E-state index in [-0.39, 0.29) is 11.1 Å². The fourth-order valence-electron chi connectivity index (χ4n) is 2.09. The normalized spacial score (nSPS) is 14.8. The molecule has 2 amide bonds. The van der Waals surface area contributed by atoms with E-state index in [9.17, 15) is 9.59 Å². The summed E-state index contributed by atoms with van der Waals surface area (Å²) in [6.07, 6.45) is 1.18. The van der Waals surface area contributed by atoms with E-state index in [0.717, 1.165) is 11.1 Å². The molecule has 0 aliphatic heterocycles. The van der Waals surface area contributed by atoms with E-state index in [0.29, 0.717) is 5.01 Å². The summed E-state index contributed by atoms with van der Waals surface area (Å²) in [6.45, 7) is 4.02. The molecule has 0 atom stereocenters. The Balaban J connectivity index is 2.42. The highest BCUT2D eigenvalue weighted by atomic mass is 16.4. The summed E-state index contributed by atoms with van der Waals surface area (Å²) in [5.74, 6) is 0. The Morgan fingerprint density at radius 3 is 2.53 bits per heavy atom. The molecule has 100 valence electrons. The molecule has 0 heterocycles. The van der Waals surface area contributed by atoms with E-state index in [4.69, 9.17) is 10.2 Å². The van der Waals surface area contributed by atoms with Crippen LogP contribution in [0.5, 0.6) is 0 Å². The Morgan fingerprint density at radius 1 is 1.26 bits per heavy atom. The first-order chi connectivity index (χ1) is 8.81. The van der Waals surface area contributed by atoms with Crippen molar-refractivity contribution < 1.29 is 19.8 Å². The number of hydrazine groups is 1. The van der Waals surface area contributed by atoms with Gasteiger partial charge in [-0.15, -0.1) is 0 Å². The lowest BCUT2D eigenvalue weighted by molar-refractivity contribution is 0.181. The number of amides is 2. The molecule has 2 rings (SSSR count). The van der Waals surface area contributed by atoms with Gasteiger partial charge in [0.25, 0.3) is 0 Å². The Kier molecular flexibility index (Phi) is 2.94. The molecule has 6 heteroatoms. The lowest BCUT2D eigenvalue weighted by Crippen LogP contribution is -2.45. The second kappa shape index (κ2) is 4.31. The number of benzene rings is 1. The van der Waals surface area contributed by atoms with Crippen molar-refractivity contribution >= 4 is 23.9 Å². The summed E-state index contributed by atoms with van der Waals surface area (Å²) < 4.78 is 0. The topological polar surface area (TPSA) is 89.9 Å². The van der Waals surface area contributed by atoms with Crippen LogP contribution in [0.3, 0.4) is 0 Å². The van der Waals surface area contributed by atoms with Gasteiger partial charge in [-0.25, -0.2) is 15.0 Å². The smallest absolute Gasteiger partial charge is 0.431 e. The standard InChI is InChI=1S/C13H14N2O4/c1-13(2)6-5-8-3-4-9(7-10(8)13)15(12(18)19)14-11(16)17/h3-7,14H,1-2H3,(H,16,17)(H,18,19). The highest BCUT2D eigenvalue weighted by Crippen LogP contribution is 2.37. The molecule has 0 fully saturated rings. The first kappa shape index (κ1) is 12.9. The lowest BCUT2D eigenvalue weighted by Gasteiger charge is -2.22. The van der Waals surface area contributed by atoms with Gasteiger partial charge in [0.15, 0.2) is 0 Å². The number of allylic oxidation sites excluding steroid dienone is 1. The fraction of sp³-hybridized carbons (Fsp3) is 0.231. The van der Waals surface area contributed by atoms with Crippen LogP contribution in [-0.2, 0) is 5.41 Å². The van der Waals surface area contributed by atoms with E-state index in [1.165, 1.54) is 0 Å². The van der Waals surface area contributed by atoms with E-state index < -0.39 is 12.2 Å². The molecule has 0 saturated carbocycles. The maximum atomic E-state index is 11.1. The van der Waals surface area contributed by atoms with Gasteiger partial charge in [-0.05, 0) is 23.3 Å². The quantitative estimate of drug-likeness (QED) is 0.679. The van der Waals surface area contributed by atoms with Gasteiger partial charge in [0.2, 0.25) is 0 Å². The van der Waals surface area contributed by atoms with Crippen molar-refractivity contribution in [1.82, 2.24) is 5.43 Å². The first-order valence-corrected chi connectivity index (χ1v) is 5.67. The van der Waals surface area contributed by atoms with Gasteiger partial charge in [0.1, 0.15) is 0 Å². The maximum absolute atomic E-state index is 11.1. The average Bonchev–Trinajstić information content (AvgIpc) is 2.62. The number of carboxylic acid groups (broad SMARTS) is 2. The molecule has 1 aromatic carbocycles. The second-order valence-corrected chi connectivity index (χ2v) is 4.86. The third kappa shape index (κ3) is 2.37. The predicted octanol–water partition coefficient (Wildman–Crippen LogP) is 2.66. The van der Waals surface area contributed by atoms with Crippen LogP contribution in [0.15, 0.2) is 24.3 Å². The Labute approximate surface area is 109 Å². The first-order valence-electron chi connectivity index (χ1n) is 5.67. The minimum atomic E-state index is -1.43. The number of hydrogen-bond donors (Lipinski definition) is 3. The van der Waals surface area contributed by atoms with Crippen molar-refractivity contribution in [3.8, 4) is 0 Å². The van der Waals surface area contributed by atoms with Gasteiger partial charge in [0, 0.05) is 5.41 Å². The molecule has 1 aliphatic carbocycles. The molecule has 6 nitrogen and oxygen atoms in total. The number of anilines is 1. The number of rotatable bonds is 1. The van der Waals surface area contributed by atoms with Crippen molar-refractivity contribution in [3.05, 3.63) is 35.4 Å². The minimum Gasteiger partial charge on any atom is -0.464 e. The number of hydrogen-bond acceptors (Lipinski definition) is 2. The van der Waals surface area contributed by atoms with Crippen molar-refractivity contribution in [2.45, 2.75) is 19.3 Å². The Bertz CT molecular complexity index is 578. The molecule has 0 radical (unpaired) electrons. The highest BCUT2D eigenvalue weighted by molar-refractivity contribution is 5.89. The van der Waals surface area contributed by atoms with Crippen LogP contribution in [0, 0.1) is 0 Å². The zero-order valence-corrected chi connectivity index (χ0v) is 10.5. The third-order valence-electron chi connectivity index (χ3n) is 3.07. The number of nitrogens with one attached hydrogen (secondary N) is 1. The Hall–Kier alpha value is -2.50. The van der Waals surface area contributed by atoms with Gasteiger partial charge in [-0.3, -0.25) is 0 Å². The molecule has 0 aromatic heterocycles. The van der Waals surface area contributed by atoms with Crippen LogP contribution in [0.2, 0.25) is 0 Å². The summed E-state index contributed by atoms with van der Waals surface area (Å²) in [5, 5.41) is 18.3. The maximum Gasteiger partial charge on any atom is 0.431 e. The average molecular weight is 262 g/mol. The van der Waals surface area contributed by atoms with Gasteiger partial charge in [-0.1, -0.05) is 32.1 Å². The van der Waals surface area contributed by atoms with Crippen molar-refractivity contribution in [2.24, 2.45) is 0 Å². The van der Waals surface area contributed by atoms with E-state index >= 15 is 0 Å². The molecule has 1 aromatic rings. The SMILES string of the molecule is CC1(C)C=Cc2ccc(N(NC(=O)O)C(=O)O)cc21. The summed E-state index contributed by atoms with van der Waals surface area (Å²) in [6, 6.07) is 5.02. The van der Waals surface area contributed by atoms with Gasteiger partial charge < -0.3 is 10.2 Å². The molecule has 3 N–H and O–H groups in total. The highest BCUT2D eigenvalue weighted by Gasteiger charge is 2.27. The monoisotopic (exact) mass is 262 g/mol. The van der Waals surface area contributed by atoms with E-state index in [2.05, 4.69) is 0 Å². The van der Waals surface area contributed by atoms with Crippen LogP contribution >= 0.6 is 0 Å². The lowest BCUT2D eigenvalue weighted by atomic mass is 9.87. The van der Waals surface area contributed by atoms with Crippen LogP contribution in [0.4, 0.5) is 15.3 Å². The number of fused-ring (bicyclic) bond motifs is 1. The Morgan fingerprint density at radius 2 is 1.95 bits per heavy atom. The van der Waals surface area contributed by atoms with Crippen LogP contribution in [0.25, 0.3) is 6.08 Å². The fourth-order valence-corrected chi connectivity index (χ4v) is 2.09. The van der Waals surface area contributed by atoms with Crippen LogP contribution in [-0.4, -0.2) is 22.4 Å². The van der Waals surface area contributed by atoms with Crippen LogP contribution in [0.1, 0.15) is 25.0 Å². The van der Waals surface area contributed by atoms with Gasteiger partial charge in [-0.2, -0.15) is 5.01 Å². The van der Waals surface area contributed by atoms with Gasteiger partial charge in [0.05, 0.1) is 5.69 Å². The predicted molar refractivity (Wildman–Crippen MR) is 70.2 cm³/mol. The molecule has 0 unspecified atom stereocenters.